The average Bonchev–Trinajstić information content (AvgIpc) is 3.11. The molecule has 2 aromatic heterocycles. The van der Waals surface area contributed by atoms with E-state index >= 15 is 0 Å². The van der Waals surface area contributed by atoms with Gasteiger partial charge in [0.2, 0.25) is 5.95 Å². The number of benzene rings is 1. The van der Waals surface area contributed by atoms with Crippen LogP contribution in [0.2, 0.25) is 0 Å². The Morgan fingerprint density at radius 2 is 1.96 bits per heavy atom. The third kappa shape index (κ3) is 2.81. The molecule has 3 aromatic rings. The second kappa shape index (κ2) is 6.40. The monoisotopic (exact) mass is 348 g/mol. The molecule has 2 N–H and O–H groups in total. The standard InChI is InChI=1S/C18H16N6O2/c1-26-12-6-4-11(5-7-12)16-13-9-24(10-15(13)21-18(19)22-16)17(25)14-3-2-8-20-23-14/h2-8H,9-10H2,1H3,(H2,19,21,22). The summed E-state index contributed by atoms with van der Waals surface area (Å²) in [5, 5.41) is 7.65. The number of nitrogens with zero attached hydrogens (tertiary/aromatic N) is 5. The van der Waals surface area contributed by atoms with Crippen molar-refractivity contribution >= 4 is 11.9 Å². The minimum atomic E-state index is -0.199. The van der Waals surface area contributed by atoms with Crippen molar-refractivity contribution in [1.29, 1.82) is 0 Å². The lowest BCUT2D eigenvalue weighted by atomic mass is 10.1. The van der Waals surface area contributed by atoms with Crippen LogP contribution in [0, 0.1) is 0 Å². The van der Waals surface area contributed by atoms with Gasteiger partial charge in [-0.25, -0.2) is 9.97 Å². The Morgan fingerprint density at radius 1 is 1.15 bits per heavy atom. The quantitative estimate of drug-likeness (QED) is 0.767. The topological polar surface area (TPSA) is 107 Å². The van der Waals surface area contributed by atoms with Crippen molar-refractivity contribution in [1.82, 2.24) is 25.1 Å². The van der Waals surface area contributed by atoms with Crippen LogP contribution in [-0.4, -0.2) is 38.1 Å². The van der Waals surface area contributed by atoms with Crippen LogP contribution in [0.1, 0.15) is 21.7 Å². The molecule has 8 heteroatoms. The predicted molar refractivity (Wildman–Crippen MR) is 94.0 cm³/mol. The summed E-state index contributed by atoms with van der Waals surface area (Å²) in [6, 6.07) is 10.9. The molecular formula is C18H16N6O2. The molecule has 0 saturated carbocycles. The first-order chi connectivity index (χ1) is 12.7. The summed E-state index contributed by atoms with van der Waals surface area (Å²) in [6.45, 7) is 0.757. The zero-order valence-corrected chi connectivity index (χ0v) is 14.1. The molecule has 8 nitrogen and oxygen atoms in total. The first kappa shape index (κ1) is 15.9. The van der Waals surface area contributed by atoms with Gasteiger partial charge in [0.15, 0.2) is 5.69 Å². The molecule has 130 valence electrons. The molecule has 0 fully saturated rings. The number of nitrogens with two attached hydrogens (primary N) is 1. The summed E-state index contributed by atoms with van der Waals surface area (Å²) in [5.41, 5.74) is 9.44. The molecule has 0 spiro atoms. The third-order valence-electron chi connectivity index (χ3n) is 4.24. The average molecular weight is 348 g/mol. The third-order valence-corrected chi connectivity index (χ3v) is 4.24. The number of methoxy groups -OCH3 is 1. The Labute approximate surface area is 149 Å². The highest BCUT2D eigenvalue weighted by Gasteiger charge is 2.29. The zero-order chi connectivity index (χ0) is 18.1. The summed E-state index contributed by atoms with van der Waals surface area (Å²) in [6.07, 6.45) is 1.53. The number of fused-ring (bicyclic) bond motifs is 1. The van der Waals surface area contributed by atoms with E-state index in [1.165, 1.54) is 6.20 Å². The van der Waals surface area contributed by atoms with Crippen LogP contribution in [0.5, 0.6) is 5.75 Å². The van der Waals surface area contributed by atoms with Crippen LogP contribution < -0.4 is 10.5 Å². The van der Waals surface area contributed by atoms with Gasteiger partial charge < -0.3 is 15.4 Å². The molecule has 26 heavy (non-hydrogen) atoms. The number of carbonyl (C=O) groups is 1. The molecule has 1 aliphatic heterocycles. The highest BCUT2D eigenvalue weighted by molar-refractivity contribution is 5.92. The molecular weight excluding hydrogens is 332 g/mol. The second-order valence-electron chi connectivity index (χ2n) is 5.85. The van der Waals surface area contributed by atoms with Crippen molar-refractivity contribution in [2.75, 3.05) is 12.8 Å². The van der Waals surface area contributed by atoms with E-state index in [4.69, 9.17) is 10.5 Å². The van der Waals surface area contributed by atoms with Gasteiger partial charge in [0, 0.05) is 17.3 Å². The number of nitrogen functional groups attached to an aromatic ring is 1. The van der Waals surface area contributed by atoms with Crippen molar-refractivity contribution in [2.45, 2.75) is 13.1 Å². The van der Waals surface area contributed by atoms with E-state index in [0.29, 0.717) is 18.8 Å². The Kier molecular flexibility index (Phi) is 3.92. The first-order valence-corrected chi connectivity index (χ1v) is 8.02. The second-order valence-corrected chi connectivity index (χ2v) is 5.85. The number of hydrogen-bond donors (Lipinski definition) is 1. The number of ether oxygens (including phenoxy) is 1. The molecule has 0 unspecified atom stereocenters. The van der Waals surface area contributed by atoms with Crippen molar-refractivity contribution < 1.29 is 9.53 Å². The fraction of sp³-hybridized carbons (Fsp3) is 0.167. The molecule has 1 aliphatic rings. The van der Waals surface area contributed by atoms with E-state index in [2.05, 4.69) is 20.2 Å². The zero-order valence-electron chi connectivity index (χ0n) is 14.1. The Morgan fingerprint density at radius 3 is 2.65 bits per heavy atom. The first-order valence-electron chi connectivity index (χ1n) is 8.02. The maximum atomic E-state index is 12.7. The van der Waals surface area contributed by atoms with Crippen LogP contribution in [0.25, 0.3) is 11.3 Å². The number of anilines is 1. The highest BCUT2D eigenvalue weighted by atomic mass is 16.5. The van der Waals surface area contributed by atoms with Gasteiger partial charge in [-0.1, -0.05) is 0 Å². The Hall–Kier alpha value is -3.55. The molecule has 4 rings (SSSR count). The van der Waals surface area contributed by atoms with Gasteiger partial charge >= 0.3 is 0 Å². The van der Waals surface area contributed by atoms with Gasteiger partial charge in [-0.3, -0.25) is 4.79 Å². The molecule has 0 saturated heterocycles. The summed E-state index contributed by atoms with van der Waals surface area (Å²) in [5.74, 6) is 0.741. The van der Waals surface area contributed by atoms with Gasteiger partial charge in [-0.05, 0) is 36.4 Å². The van der Waals surface area contributed by atoms with Crippen molar-refractivity contribution in [3.63, 3.8) is 0 Å². The van der Waals surface area contributed by atoms with Crippen LogP contribution in [0.3, 0.4) is 0 Å². The molecule has 0 radical (unpaired) electrons. The van der Waals surface area contributed by atoms with E-state index < -0.39 is 0 Å². The fourth-order valence-corrected chi connectivity index (χ4v) is 2.98. The fourth-order valence-electron chi connectivity index (χ4n) is 2.98. The summed E-state index contributed by atoms with van der Waals surface area (Å²) < 4.78 is 5.20. The van der Waals surface area contributed by atoms with E-state index in [0.717, 1.165) is 28.3 Å². The minimum absolute atomic E-state index is 0.184. The van der Waals surface area contributed by atoms with Gasteiger partial charge in [-0.2, -0.15) is 5.10 Å². The van der Waals surface area contributed by atoms with E-state index in [1.807, 2.05) is 24.3 Å². The number of carbonyl (C=O) groups excluding carboxylic acids is 1. The summed E-state index contributed by atoms with van der Waals surface area (Å²) in [7, 11) is 1.62. The Balaban J connectivity index is 1.68. The van der Waals surface area contributed by atoms with Gasteiger partial charge in [-0.15, -0.1) is 5.10 Å². The van der Waals surface area contributed by atoms with Crippen LogP contribution in [0.4, 0.5) is 5.95 Å². The summed E-state index contributed by atoms with van der Waals surface area (Å²) in [4.78, 5) is 23.0. The molecule has 0 bridgehead atoms. The van der Waals surface area contributed by atoms with Crippen LogP contribution in [-0.2, 0) is 13.1 Å². The molecule has 1 aromatic carbocycles. The highest BCUT2D eigenvalue weighted by Crippen LogP contribution is 2.32. The number of hydrogen-bond acceptors (Lipinski definition) is 7. The number of aromatic nitrogens is 4. The van der Waals surface area contributed by atoms with Crippen LogP contribution in [0.15, 0.2) is 42.6 Å². The van der Waals surface area contributed by atoms with E-state index in [9.17, 15) is 4.79 Å². The molecule has 0 aliphatic carbocycles. The number of amides is 1. The lowest BCUT2D eigenvalue weighted by molar-refractivity contribution is 0.0743. The summed E-state index contributed by atoms with van der Waals surface area (Å²) >= 11 is 0. The molecule has 0 atom stereocenters. The Bertz CT molecular complexity index is 959. The van der Waals surface area contributed by atoms with E-state index in [-0.39, 0.29) is 11.9 Å². The van der Waals surface area contributed by atoms with Crippen molar-refractivity contribution in [3.05, 3.63) is 59.5 Å². The van der Waals surface area contributed by atoms with Crippen molar-refractivity contribution in [2.24, 2.45) is 0 Å². The number of rotatable bonds is 3. The minimum Gasteiger partial charge on any atom is -0.497 e. The van der Waals surface area contributed by atoms with Crippen LogP contribution >= 0.6 is 0 Å². The van der Waals surface area contributed by atoms with E-state index in [1.54, 1.807) is 24.1 Å². The molecule has 3 heterocycles. The SMILES string of the molecule is COc1ccc(-c2nc(N)nc3c2CN(C(=O)c2cccnn2)C3)cc1. The molecule has 1 amide bonds. The predicted octanol–water partition coefficient (Wildman–Crippen LogP) is 1.68. The lowest BCUT2D eigenvalue weighted by Crippen LogP contribution is -2.26. The van der Waals surface area contributed by atoms with Gasteiger partial charge in [0.25, 0.3) is 5.91 Å². The smallest absolute Gasteiger partial charge is 0.275 e. The lowest BCUT2D eigenvalue weighted by Gasteiger charge is -2.14. The largest absolute Gasteiger partial charge is 0.497 e. The maximum Gasteiger partial charge on any atom is 0.275 e. The maximum absolute atomic E-state index is 12.7. The van der Waals surface area contributed by atoms with Crippen molar-refractivity contribution in [3.8, 4) is 17.0 Å². The van der Waals surface area contributed by atoms with Gasteiger partial charge in [0.1, 0.15) is 5.75 Å². The van der Waals surface area contributed by atoms with Gasteiger partial charge in [0.05, 0.1) is 31.6 Å². The normalized spacial score (nSPS) is 12.7.